The van der Waals surface area contributed by atoms with Gasteiger partial charge in [0.05, 0.1) is 23.0 Å². The van der Waals surface area contributed by atoms with Gasteiger partial charge < -0.3 is 15.8 Å². The normalized spacial score (nSPS) is 12.7. The number of aromatic nitrogens is 2. The van der Waals surface area contributed by atoms with E-state index in [0.717, 1.165) is 11.3 Å². The Balaban J connectivity index is 1.54. The van der Waals surface area contributed by atoms with Crippen LogP contribution in [-0.4, -0.2) is 21.9 Å². The summed E-state index contributed by atoms with van der Waals surface area (Å²) in [6.45, 7) is 0. The number of anilines is 3. The molecule has 4 aromatic rings. The van der Waals surface area contributed by atoms with Crippen molar-refractivity contribution < 1.29 is 14.3 Å². The highest BCUT2D eigenvalue weighted by molar-refractivity contribution is 7.21. The number of hydrogen-bond donors (Lipinski definition) is 2. The molecule has 9 heteroatoms. The van der Waals surface area contributed by atoms with Crippen molar-refractivity contribution in [1.29, 1.82) is 0 Å². The molecular formula is C20H13N5O3S. The third-order valence-corrected chi connectivity index (χ3v) is 5.51. The molecule has 0 spiro atoms. The van der Waals surface area contributed by atoms with Crippen molar-refractivity contribution in [2.45, 2.75) is 0 Å². The minimum Gasteiger partial charge on any atom is -0.456 e. The van der Waals surface area contributed by atoms with Crippen molar-refractivity contribution >= 4 is 50.7 Å². The van der Waals surface area contributed by atoms with E-state index in [4.69, 9.17) is 10.5 Å². The SMILES string of the molecule is NC(=O)c1sc2nccc3c2c1NC(=O)N3c1ccc(Oc2ccccc2)cn1. The van der Waals surface area contributed by atoms with Gasteiger partial charge in [0.25, 0.3) is 5.91 Å². The zero-order valence-electron chi connectivity index (χ0n) is 14.8. The average molecular weight is 403 g/mol. The lowest BCUT2D eigenvalue weighted by atomic mass is 10.1. The number of hydrogen-bond acceptors (Lipinski definition) is 6. The summed E-state index contributed by atoms with van der Waals surface area (Å²) in [5.41, 5.74) is 6.43. The number of primary amides is 1. The van der Waals surface area contributed by atoms with Gasteiger partial charge in [-0.2, -0.15) is 0 Å². The number of carbonyl (C=O) groups is 2. The summed E-state index contributed by atoms with van der Waals surface area (Å²) in [5, 5.41) is 3.41. The molecule has 3 amide bonds. The smallest absolute Gasteiger partial charge is 0.332 e. The van der Waals surface area contributed by atoms with Crippen LogP contribution in [0.25, 0.3) is 10.2 Å². The summed E-state index contributed by atoms with van der Waals surface area (Å²) >= 11 is 1.15. The molecule has 3 aromatic heterocycles. The summed E-state index contributed by atoms with van der Waals surface area (Å²) in [5.74, 6) is 1.04. The van der Waals surface area contributed by atoms with E-state index < -0.39 is 11.9 Å². The lowest BCUT2D eigenvalue weighted by molar-refractivity contribution is 0.100. The molecular weight excluding hydrogens is 390 g/mol. The number of amides is 3. The summed E-state index contributed by atoms with van der Waals surface area (Å²) < 4.78 is 5.75. The first-order chi connectivity index (χ1) is 14.1. The number of urea groups is 1. The Labute approximate surface area is 168 Å². The molecule has 0 bridgehead atoms. The Bertz CT molecular complexity index is 1250. The van der Waals surface area contributed by atoms with E-state index in [2.05, 4.69) is 15.3 Å². The molecule has 0 saturated heterocycles. The molecule has 0 atom stereocenters. The van der Waals surface area contributed by atoms with Crippen LogP contribution in [0.5, 0.6) is 11.5 Å². The van der Waals surface area contributed by atoms with Crippen molar-refractivity contribution in [2.75, 3.05) is 10.2 Å². The number of thiophene rings is 1. The van der Waals surface area contributed by atoms with Gasteiger partial charge in [-0.05, 0) is 30.3 Å². The van der Waals surface area contributed by atoms with Crippen LogP contribution in [0.4, 0.5) is 22.0 Å². The summed E-state index contributed by atoms with van der Waals surface area (Å²) in [7, 11) is 0. The molecule has 0 saturated carbocycles. The molecule has 1 aromatic carbocycles. The number of nitrogens with zero attached hydrogens (tertiary/aromatic N) is 3. The first-order valence-corrected chi connectivity index (χ1v) is 9.45. The molecule has 1 aliphatic heterocycles. The highest BCUT2D eigenvalue weighted by Gasteiger charge is 2.32. The first-order valence-electron chi connectivity index (χ1n) is 8.63. The lowest BCUT2D eigenvalue weighted by Crippen LogP contribution is -2.34. The molecule has 0 unspecified atom stereocenters. The number of rotatable bonds is 4. The maximum absolute atomic E-state index is 12.8. The van der Waals surface area contributed by atoms with Crippen LogP contribution in [0.2, 0.25) is 0 Å². The van der Waals surface area contributed by atoms with Crippen LogP contribution in [0.15, 0.2) is 60.9 Å². The minimum atomic E-state index is -0.608. The van der Waals surface area contributed by atoms with Crippen molar-refractivity contribution in [3.8, 4) is 11.5 Å². The van der Waals surface area contributed by atoms with Crippen LogP contribution >= 0.6 is 11.3 Å². The summed E-state index contributed by atoms with van der Waals surface area (Å²) in [6, 6.07) is 14.0. The minimum absolute atomic E-state index is 0.271. The maximum Gasteiger partial charge on any atom is 0.332 e. The number of nitrogens with one attached hydrogen (secondary N) is 1. The van der Waals surface area contributed by atoms with Gasteiger partial charge in [-0.1, -0.05) is 18.2 Å². The summed E-state index contributed by atoms with van der Waals surface area (Å²) in [4.78, 5) is 35.6. The van der Waals surface area contributed by atoms with E-state index in [9.17, 15) is 9.59 Å². The van der Waals surface area contributed by atoms with Gasteiger partial charge in [0, 0.05) is 6.20 Å². The second-order valence-corrected chi connectivity index (χ2v) is 7.21. The van der Waals surface area contributed by atoms with Gasteiger partial charge in [0.15, 0.2) is 0 Å². The van der Waals surface area contributed by atoms with Crippen molar-refractivity contribution in [3.63, 3.8) is 0 Å². The second kappa shape index (κ2) is 6.57. The van der Waals surface area contributed by atoms with Gasteiger partial charge in [0.2, 0.25) is 0 Å². The fraction of sp³-hybridized carbons (Fsp3) is 0. The van der Waals surface area contributed by atoms with Gasteiger partial charge in [0.1, 0.15) is 27.0 Å². The van der Waals surface area contributed by atoms with Gasteiger partial charge in [-0.15, -0.1) is 11.3 Å². The van der Waals surface area contributed by atoms with E-state index in [1.807, 2.05) is 30.3 Å². The van der Waals surface area contributed by atoms with E-state index in [1.165, 1.54) is 4.90 Å². The molecule has 0 fully saturated rings. The molecule has 5 rings (SSSR count). The van der Waals surface area contributed by atoms with Crippen LogP contribution in [0.1, 0.15) is 9.67 Å². The maximum atomic E-state index is 12.8. The molecule has 4 heterocycles. The lowest BCUT2D eigenvalue weighted by Gasteiger charge is -2.27. The summed E-state index contributed by atoms with van der Waals surface area (Å²) in [6.07, 6.45) is 3.13. The predicted octanol–water partition coefficient (Wildman–Crippen LogP) is 4.27. The van der Waals surface area contributed by atoms with Crippen molar-refractivity contribution in [3.05, 3.63) is 65.8 Å². The third-order valence-electron chi connectivity index (χ3n) is 4.40. The zero-order chi connectivity index (χ0) is 20.0. The van der Waals surface area contributed by atoms with Crippen LogP contribution < -0.4 is 20.7 Å². The Morgan fingerprint density at radius 2 is 1.90 bits per heavy atom. The Hall–Kier alpha value is -3.98. The third kappa shape index (κ3) is 2.84. The zero-order valence-corrected chi connectivity index (χ0v) is 15.6. The fourth-order valence-electron chi connectivity index (χ4n) is 3.18. The number of ether oxygens (including phenoxy) is 1. The van der Waals surface area contributed by atoms with Crippen LogP contribution in [-0.2, 0) is 0 Å². The largest absolute Gasteiger partial charge is 0.456 e. The highest BCUT2D eigenvalue weighted by atomic mass is 32.1. The molecule has 142 valence electrons. The molecule has 3 N–H and O–H groups in total. The Morgan fingerprint density at radius 1 is 1.07 bits per heavy atom. The fourth-order valence-corrected chi connectivity index (χ4v) is 4.15. The van der Waals surface area contributed by atoms with Crippen LogP contribution in [0.3, 0.4) is 0 Å². The Morgan fingerprint density at radius 3 is 2.62 bits per heavy atom. The van der Waals surface area contributed by atoms with Crippen LogP contribution in [0, 0.1) is 0 Å². The molecule has 29 heavy (non-hydrogen) atoms. The van der Waals surface area contributed by atoms with Gasteiger partial charge >= 0.3 is 6.03 Å². The number of benzene rings is 1. The number of nitrogens with two attached hydrogens (primary N) is 1. The van der Waals surface area contributed by atoms with E-state index in [1.54, 1.807) is 30.6 Å². The molecule has 1 aliphatic rings. The van der Waals surface area contributed by atoms with E-state index in [-0.39, 0.29) is 4.88 Å². The number of pyridine rings is 2. The standard InChI is InChI=1S/C20H13N5O3S/c21-18(26)17-16-15-13(8-9-22-19(15)29-17)25(20(27)24-16)14-7-6-12(10-23-14)28-11-4-2-1-3-5-11/h1-10H,(H2,21,26)(H,24,27). The van der Waals surface area contributed by atoms with Crippen molar-refractivity contribution in [2.24, 2.45) is 5.73 Å². The Kier molecular flexibility index (Phi) is 3.88. The first kappa shape index (κ1) is 17.1. The highest BCUT2D eigenvalue weighted by Crippen LogP contribution is 2.45. The quantitative estimate of drug-likeness (QED) is 0.529. The van der Waals surface area contributed by atoms with Gasteiger partial charge in [-0.3, -0.25) is 4.79 Å². The topological polar surface area (TPSA) is 110 Å². The number of carbonyl (C=O) groups excluding carboxylic acids is 2. The number of para-hydroxylation sites is 1. The van der Waals surface area contributed by atoms with E-state index >= 15 is 0 Å². The van der Waals surface area contributed by atoms with Gasteiger partial charge in [-0.25, -0.2) is 19.7 Å². The predicted molar refractivity (Wildman–Crippen MR) is 110 cm³/mol. The molecule has 8 nitrogen and oxygen atoms in total. The molecule has 0 radical (unpaired) electrons. The average Bonchev–Trinajstić information content (AvgIpc) is 3.10. The van der Waals surface area contributed by atoms with Crippen molar-refractivity contribution in [1.82, 2.24) is 9.97 Å². The second-order valence-electron chi connectivity index (χ2n) is 6.21. The molecule has 0 aliphatic carbocycles. The monoisotopic (exact) mass is 403 g/mol. The van der Waals surface area contributed by atoms with E-state index in [0.29, 0.717) is 38.9 Å².